The molecule has 1 aromatic carbocycles. The predicted molar refractivity (Wildman–Crippen MR) is 130 cm³/mol. The fraction of sp³-hybridized carbons (Fsp3) is 0.333. The molecule has 5 rings (SSSR count). The lowest BCUT2D eigenvalue weighted by atomic mass is 10.1. The molecule has 0 radical (unpaired) electrons. The van der Waals surface area contributed by atoms with Gasteiger partial charge in [-0.15, -0.1) is 11.3 Å². The highest BCUT2D eigenvalue weighted by atomic mass is 35.5. The van der Waals surface area contributed by atoms with Gasteiger partial charge in [0.1, 0.15) is 9.98 Å². The summed E-state index contributed by atoms with van der Waals surface area (Å²) < 4.78 is 0. The number of amides is 3. The van der Waals surface area contributed by atoms with Crippen molar-refractivity contribution in [3.63, 3.8) is 0 Å². The molecule has 0 aliphatic carbocycles. The second-order valence-electron chi connectivity index (χ2n) is 8.44. The standard InChI is InChI=1S/C24H23ClN4O3S/c25-20-9-4-16-12-19(33-24(16)27-20)23(32)26-13-15-11-22(31)29(14-15)18-7-5-17(6-8-18)28-10-2-1-3-21(28)30/h4-9,12,15H,1-3,10-11,13-14H2,(H,26,32). The number of hydrogen-bond donors (Lipinski definition) is 1. The van der Waals surface area contributed by atoms with Crippen molar-refractivity contribution in [2.75, 3.05) is 29.4 Å². The fourth-order valence-electron chi connectivity index (χ4n) is 4.39. The molecule has 9 heteroatoms. The normalized spacial score (nSPS) is 18.9. The second-order valence-corrected chi connectivity index (χ2v) is 9.86. The summed E-state index contributed by atoms with van der Waals surface area (Å²) in [4.78, 5) is 46.5. The summed E-state index contributed by atoms with van der Waals surface area (Å²) in [7, 11) is 0. The monoisotopic (exact) mass is 482 g/mol. The van der Waals surface area contributed by atoms with Crippen molar-refractivity contribution >= 4 is 62.3 Å². The number of piperidine rings is 1. The molecule has 1 atom stereocenters. The Morgan fingerprint density at radius 2 is 1.82 bits per heavy atom. The van der Waals surface area contributed by atoms with Crippen LogP contribution in [0, 0.1) is 5.92 Å². The van der Waals surface area contributed by atoms with Crippen molar-refractivity contribution in [1.29, 1.82) is 0 Å². The van der Waals surface area contributed by atoms with Crippen LogP contribution in [-0.4, -0.2) is 42.3 Å². The van der Waals surface area contributed by atoms with Gasteiger partial charge in [0, 0.05) is 55.2 Å². The number of hydrogen-bond acceptors (Lipinski definition) is 5. The van der Waals surface area contributed by atoms with Gasteiger partial charge >= 0.3 is 0 Å². The number of carbonyl (C=O) groups is 3. The van der Waals surface area contributed by atoms with E-state index in [9.17, 15) is 14.4 Å². The number of anilines is 2. The van der Waals surface area contributed by atoms with Crippen LogP contribution < -0.4 is 15.1 Å². The van der Waals surface area contributed by atoms with E-state index in [1.165, 1.54) is 11.3 Å². The minimum absolute atomic E-state index is 0.0340. The summed E-state index contributed by atoms with van der Waals surface area (Å²) in [6.45, 7) is 1.71. The summed E-state index contributed by atoms with van der Waals surface area (Å²) in [5, 5.41) is 4.23. The van der Waals surface area contributed by atoms with E-state index in [0.717, 1.165) is 41.0 Å². The molecule has 3 amide bonds. The fourth-order valence-corrected chi connectivity index (χ4v) is 5.54. The Balaban J connectivity index is 1.19. The minimum atomic E-state index is -0.171. The van der Waals surface area contributed by atoms with E-state index in [2.05, 4.69) is 10.3 Å². The van der Waals surface area contributed by atoms with E-state index in [1.54, 1.807) is 17.0 Å². The molecule has 0 spiro atoms. The first-order chi connectivity index (χ1) is 16.0. The molecule has 170 valence electrons. The molecular formula is C24H23ClN4O3S. The van der Waals surface area contributed by atoms with Gasteiger partial charge in [0.05, 0.1) is 4.88 Å². The number of halogens is 1. The van der Waals surface area contributed by atoms with Crippen LogP contribution >= 0.6 is 22.9 Å². The first kappa shape index (κ1) is 21.9. The minimum Gasteiger partial charge on any atom is -0.351 e. The van der Waals surface area contributed by atoms with Crippen LogP contribution in [0.1, 0.15) is 35.4 Å². The van der Waals surface area contributed by atoms with Gasteiger partial charge in [-0.25, -0.2) is 4.98 Å². The van der Waals surface area contributed by atoms with Gasteiger partial charge < -0.3 is 15.1 Å². The Morgan fingerprint density at radius 3 is 2.58 bits per heavy atom. The molecule has 2 aliphatic rings. The number of pyridine rings is 1. The van der Waals surface area contributed by atoms with Crippen LogP contribution in [0.3, 0.4) is 0 Å². The zero-order valence-electron chi connectivity index (χ0n) is 17.9. The zero-order valence-corrected chi connectivity index (χ0v) is 19.5. The Labute approximate surface area is 200 Å². The van der Waals surface area contributed by atoms with Crippen LogP contribution in [0.2, 0.25) is 5.15 Å². The van der Waals surface area contributed by atoms with E-state index in [4.69, 9.17) is 11.6 Å². The highest BCUT2D eigenvalue weighted by molar-refractivity contribution is 7.20. The average Bonchev–Trinajstić information content (AvgIpc) is 3.41. The maximum atomic E-state index is 12.6. The molecule has 1 N–H and O–H groups in total. The molecule has 2 saturated heterocycles. The number of nitrogens with zero attached hydrogens (tertiary/aromatic N) is 3. The van der Waals surface area contributed by atoms with Crippen molar-refractivity contribution in [2.24, 2.45) is 5.92 Å². The molecule has 2 aliphatic heterocycles. The largest absolute Gasteiger partial charge is 0.351 e. The first-order valence-corrected chi connectivity index (χ1v) is 12.2. The van der Waals surface area contributed by atoms with Gasteiger partial charge in [-0.1, -0.05) is 11.6 Å². The molecule has 2 fully saturated rings. The van der Waals surface area contributed by atoms with Gasteiger partial charge in [-0.05, 0) is 55.3 Å². The number of aromatic nitrogens is 1. The van der Waals surface area contributed by atoms with Crippen molar-refractivity contribution < 1.29 is 14.4 Å². The first-order valence-electron chi connectivity index (χ1n) is 11.0. The molecule has 1 unspecified atom stereocenters. The highest BCUT2D eigenvalue weighted by Crippen LogP contribution is 2.29. The SMILES string of the molecule is O=C(NCC1CC(=O)N(c2ccc(N3CCCCC3=O)cc2)C1)c1cc2ccc(Cl)nc2s1. The van der Waals surface area contributed by atoms with E-state index < -0.39 is 0 Å². The predicted octanol–water partition coefficient (Wildman–Crippen LogP) is 4.25. The van der Waals surface area contributed by atoms with Crippen LogP contribution in [0.15, 0.2) is 42.5 Å². The Hall–Kier alpha value is -2.97. The lowest BCUT2D eigenvalue weighted by molar-refractivity contribution is -0.119. The maximum absolute atomic E-state index is 12.6. The number of thiophene rings is 1. The van der Waals surface area contributed by atoms with E-state index in [0.29, 0.717) is 36.0 Å². The Bertz CT molecular complexity index is 1230. The average molecular weight is 483 g/mol. The number of rotatable bonds is 5. The second kappa shape index (κ2) is 9.11. The molecule has 0 bridgehead atoms. The zero-order chi connectivity index (χ0) is 22.9. The van der Waals surface area contributed by atoms with Gasteiger partial charge in [0.2, 0.25) is 11.8 Å². The summed E-state index contributed by atoms with van der Waals surface area (Å²) in [5.41, 5.74) is 1.69. The summed E-state index contributed by atoms with van der Waals surface area (Å²) in [6, 6.07) is 13.0. The molecule has 4 heterocycles. The summed E-state index contributed by atoms with van der Waals surface area (Å²) in [6.07, 6.45) is 2.93. The Morgan fingerprint density at radius 1 is 1.06 bits per heavy atom. The van der Waals surface area contributed by atoms with Crippen molar-refractivity contribution in [2.45, 2.75) is 25.7 Å². The van der Waals surface area contributed by atoms with Gasteiger partial charge in [-0.3, -0.25) is 14.4 Å². The summed E-state index contributed by atoms with van der Waals surface area (Å²) in [5.74, 6) is 0.0543. The molecule has 7 nitrogen and oxygen atoms in total. The van der Waals surface area contributed by atoms with Gasteiger partial charge in [0.25, 0.3) is 5.91 Å². The van der Waals surface area contributed by atoms with E-state index in [-0.39, 0.29) is 23.6 Å². The third kappa shape index (κ3) is 4.58. The third-order valence-electron chi connectivity index (χ3n) is 6.13. The summed E-state index contributed by atoms with van der Waals surface area (Å²) >= 11 is 7.23. The molecule has 3 aromatic rings. The highest BCUT2D eigenvalue weighted by Gasteiger charge is 2.31. The molecule has 33 heavy (non-hydrogen) atoms. The van der Waals surface area contributed by atoms with Crippen LogP contribution in [0.5, 0.6) is 0 Å². The van der Waals surface area contributed by atoms with Crippen LogP contribution in [0.25, 0.3) is 10.2 Å². The Kier molecular flexibility index (Phi) is 6.03. The number of benzene rings is 1. The topological polar surface area (TPSA) is 82.6 Å². The smallest absolute Gasteiger partial charge is 0.261 e. The molecule has 2 aromatic heterocycles. The van der Waals surface area contributed by atoms with E-state index >= 15 is 0 Å². The lowest BCUT2D eigenvalue weighted by Crippen LogP contribution is -2.35. The maximum Gasteiger partial charge on any atom is 0.261 e. The third-order valence-corrected chi connectivity index (χ3v) is 7.38. The van der Waals surface area contributed by atoms with Gasteiger partial charge in [-0.2, -0.15) is 0 Å². The van der Waals surface area contributed by atoms with Crippen molar-refractivity contribution in [1.82, 2.24) is 10.3 Å². The number of nitrogens with one attached hydrogen (secondary N) is 1. The van der Waals surface area contributed by atoms with Gasteiger partial charge in [0.15, 0.2) is 0 Å². The van der Waals surface area contributed by atoms with Crippen molar-refractivity contribution in [3.8, 4) is 0 Å². The molecular weight excluding hydrogens is 460 g/mol. The van der Waals surface area contributed by atoms with Crippen LogP contribution in [0.4, 0.5) is 11.4 Å². The van der Waals surface area contributed by atoms with Crippen molar-refractivity contribution in [3.05, 3.63) is 52.5 Å². The quantitative estimate of drug-likeness (QED) is 0.551. The molecule has 0 saturated carbocycles. The number of fused-ring (bicyclic) bond motifs is 1. The van der Waals surface area contributed by atoms with Crippen LogP contribution in [-0.2, 0) is 9.59 Å². The lowest BCUT2D eigenvalue weighted by Gasteiger charge is -2.27. The van der Waals surface area contributed by atoms with E-state index in [1.807, 2.05) is 35.2 Å². The number of carbonyl (C=O) groups excluding carboxylic acids is 3.